The SMILES string of the molecule is CCc1ccc(-c2ccc(N3CCN(S(=O)(=O)c4c(C)cc(C)cc4C)CC3)nn2)cc1. The summed E-state index contributed by atoms with van der Waals surface area (Å²) in [5.74, 6) is 0.777. The van der Waals surface area contributed by atoms with Crippen molar-refractivity contribution in [3.05, 3.63) is 70.8 Å². The number of hydrogen-bond donors (Lipinski definition) is 0. The molecule has 1 aromatic heterocycles. The third-order valence-electron chi connectivity index (χ3n) is 6.07. The molecule has 1 saturated heterocycles. The molecule has 7 heteroatoms. The van der Waals surface area contributed by atoms with Gasteiger partial charge >= 0.3 is 0 Å². The number of benzene rings is 2. The van der Waals surface area contributed by atoms with Crippen LogP contribution in [0.1, 0.15) is 29.2 Å². The van der Waals surface area contributed by atoms with Crippen LogP contribution in [0.3, 0.4) is 0 Å². The number of sulfonamides is 1. The van der Waals surface area contributed by atoms with Crippen molar-refractivity contribution in [1.82, 2.24) is 14.5 Å². The molecule has 3 aromatic rings. The summed E-state index contributed by atoms with van der Waals surface area (Å²) in [4.78, 5) is 2.53. The Morgan fingerprint density at radius 1 is 0.844 bits per heavy atom. The van der Waals surface area contributed by atoms with E-state index in [2.05, 4.69) is 46.3 Å². The lowest BCUT2D eigenvalue weighted by Crippen LogP contribution is -2.49. The lowest BCUT2D eigenvalue weighted by Gasteiger charge is -2.35. The van der Waals surface area contributed by atoms with Crippen LogP contribution in [-0.2, 0) is 16.4 Å². The minimum atomic E-state index is -3.52. The van der Waals surface area contributed by atoms with Gasteiger partial charge in [0, 0.05) is 31.7 Å². The van der Waals surface area contributed by atoms with E-state index in [4.69, 9.17) is 0 Å². The number of nitrogens with zero attached hydrogens (tertiary/aromatic N) is 4. The van der Waals surface area contributed by atoms with Gasteiger partial charge in [-0.05, 0) is 56.0 Å². The highest BCUT2D eigenvalue weighted by Crippen LogP contribution is 2.27. The van der Waals surface area contributed by atoms with Gasteiger partial charge in [0.2, 0.25) is 10.0 Å². The summed E-state index contributed by atoms with van der Waals surface area (Å²) >= 11 is 0. The first-order chi connectivity index (χ1) is 15.3. The largest absolute Gasteiger partial charge is 0.352 e. The molecule has 2 heterocycles. The molecule has 0 saturated carbocycles. The van der Waals surface area contributed by atoms with Crippen molar-refractivity contribution in [2.24, 2.45) is 0 Å². The normalized spacial score (nSPS) is 15.2. The van der Waals surface area contributed by atoms with Gasteiger partial charge in [-0.2, -0.15) is 4.31 Å². The number of anilines is 1. The highest BCUT2D eigenvalue weighted by molar-refractivity contribution is 7.89. The third kappa shape index (κ3) is 4.40. The Hall–Kier alpha value is -2.77. The van der Waals surface area contributed by atoms with Gasteiger partial charge in [0.1, 0.15) is 0 Å². The van der Waals surface area contributed by atoms with Gasteiger partial charge in [-0.25, -0.2) is 8.42 Å². The van der Waals surface area contributed by atoms with Crippen LogP contribution in [0, 0.1) is 20.8 Å². The molecular weight excluding hydrogens is 420 g/mol. The molecule has 32 heavy (non-hydrogen) atoms. The van der Waals surface area contributed by atoms with Gasteiger partial charge in [-0.1, -0.05) is 48.9 Å². The van der Waals surface area contributed by atoms with E-state index in [0.717, 1.165) is 40.2 Å². The zero-order valence-corrected chi connectivity index (χ0v) is 20.0. The number of aromatic nitrogens is 2. The molecule has 0 atom stereocenters. The van der Waals surface area contributed by atoms with E-state index in [-0.39, 0.29) is 0 Å². The highest BCUT2D eigenvalue weighted by Gasteiger charge is 2.31. The topological polar surface area (TPSA) is 66.4 Å². The molecule has 0 bridgehead atoms. The van der Waals surface area contributed by atoms with Crippen LogP contribution in [0.2, 0.25) is 0 Å². The molecule has 1 fully saturated rings. The Labute approximate surface area is 191 Å². The molecule has 168 valence electrons. The minimum Gasteiger partial charge on any atom is -0.352 e. The molecule has 0 amide bonds. The van der Waals surface area contributed by atoms with Gasteiger partial charge < -0.3 is 4.90 Å². The predicted octanol–water partition coefficient (Wildman–Crippen LogP) is 4.14. The zero-order chi connectivity index (χ0) is 22.9. The van der Waals surface area contributed by atoms with Crippen LogP contribution in [0.15, 0.2) is 53.4 Å². The quantitative estimate of drug-likeness (QED) is 0.584. The van der Waals surface area contributed by atoms with Crippen LogP contribution < -0.4 is 4.90 Å². The average Bonchev–Trinajstić information content (AvgIpc) is 2.78. The van der Waals surface area contributed by atoms with Gasteiger partial charge in [0.15, 0.2) is 5.82 Å². The number of rotatable bonds is 5. The molecular formula is C25H30N4O2S. The maximum atomic E-state index is 13.3. The predicted molar refractivity (Wildman–Crippen MR) is 128 cm³/mol. The standard InChI is InChI=1S/C25H30N4O2S/c1-5-21-6-8-22(9-7-21)23-10-11-24(27-26-23)28-12-14-29(15-13-28)32(30,31)25-19(3)16-18(2)17-20(25)4/h6-11,16-17H,5,12-15H2,1-4H3. The summed E-state index contributed by atoms with van der Waals surface area (Å²) in [7, 11) is -3.52. The molecule has 1 aliphatic rings. The Kier molecular flexibility index (Phi) is 6.31. The monoisotopic (exact) mass is 450 g/mol. The Balaban J connectivity index is 1.45. The summed E-state index contributed by atoms with van der Waals surface area (Å²) in [6.45, 7) is 9.89. The van der Waals surface area contributed by atoms with E-state index >= 15 is 0 Å². The first-order valence-electron chi connectivity index (χ1n) is 11.1. The molecule has 0 spiro atoms. The molecule has 2 aromatic carbocycles. The number of aryl methyl sites for hydroxylation is 4. The fourth-order valence-corrected chi connectivity index (χ4v) is 6.25. The number of piperazine rings is 1. The first-order valence-corrected chi connectivity index (χ1v) is 12.5. The van der Waals surface area contributed by atoms with Crippen molar-refractivity contribution < 1.29 is 8.42 Å². The Bertz CT molecular complexity index is 1170. The second-order valence-electron chi connectivity index (χ2n) is 8.45. The Morgan fingerprint density at radius 3 is 2.00 bits per heavy atom. The van der Waals surface area contributed by atoms with Gasteiger partial charge in [-0.3, -0.25) is 0 Å². The van der Waals surface area contributed by atoms with Crippen LogP contribution in [0.4, 0.5) is 5.82 Å². The Morgan fingerprint density at radius 2 is 1.47 bits per heavy atom. The van der Waals surface area contributed by atoms with E-state index in [1.54, 1.807) is 4.31 Å². The molecule has 0 N–H and O–H groups in total. The third-order valence-corrected chi connectivity index (χ3v) is 8.28. The summed E-state index contributed by atoms with van der Waals surface area (Å²) in [5.41, 5.74) is 5.86. The average molecular weight is 451 g/mol. The van der Waals surface area contributed by atoms with E-state index in [0.29, 0.717) is 31.1 Å². The first kappa shape index (κ1) is 22.4. The summed E-state index contributed by atoms with van der Waals surface area (Å²) < 4.78 is 28.2. The van der Waals surface area contributed by atoms with E-state index in [9.17, 15) is 8.42 Å². The minimum absolute atomic E-state index is 0.428. The van der Waals surface area contributed by atoms with Crippen molar-refractivity contribution in [3.63, 3.8) is 0 Å². The molecule has 0 unspecified atom stereocenters. The van der Waals surface area contributed by atoms with Gasteiger partial charge in [0.05, 0.1) is 10.6 Å². The maximum absolute atomic E-state index is 13.3. The van der Waals surface area contributed by atoms with Crippen LogP contribution >= 0.6 is 0 Å². The van der Waals surface area contributed by atoms with Crippen molar-refractivity contribution >= 4 is 15.8 Å². The van der Waals surface area contributed by atoms with E-state index < -0.39 is 10.0 Å². The van der Waals surface area contributed by atoms with Crippen LogP contribution in [-0.4, -0.2) is 49.1 Å². The highest BCUT2D eigenvalue weighted by atomic mass is 32.2. The van der Waals surface area contributed by atoms with E-state index in [1.807, 2.05) is 45.0 Å². The van der Waals surface area contributed by atoms with Gasteiger partial charge in [0.25, 0.3) is 0 Å². The summed E-state index contributed by atoms with van der Waals surface area (Å²) in [5, 5.41) is 8.82. The number of hydrogen-bond acceptors (Lipinski definition) is 5. The molecule has 0 radical (unpaired) electrons. The second-order valence-corrected chi connectivity index (χ2v) is 10.3. The van der Waals surface area contributed by atoms with Crippen molar-refractivity contribution in [2.45, 2.75) is 39.0 Å². The van der Waals surface area contributed by atoms with Crippen molar-refractivity contribution in [1.29, 1.82) is 0 Å². The zero-order valence-electron chi connectivity index (χ0n) is 19.2. The lowest BCUT2D eigenvalue weighted by molar-refractivity contribution is 0.383. The van der Waals surface area contributed by atoms with Gasteiger partial charge in [-0.15, -0.1) is 10.2 Å². The molecule has 1 aliphatic heterocycles. The summed E-state index contributed by atoms with van der Waals surface area (Å²) in [6.07, 6.45) is 1.01. The molecule has 0 aliphatic carbocycles. The maximum Gasteiger partial charge on any atom is 0.243 e. The van der Waals surface area contributed by atoms with E-state index in [1.165, 1.54) is 5.56 Å². The summed E-state index contributed by atoms with van der Waals surface area (Å²) in [6, 6.07) is 16.2. The van der Waals surface area contributed by atoms with Crippen molar-refractivity contribution in [2.75, 3.05) is 31.1 Å². The fourth-order valence-electron chi connectivity index (χ4n) is 4.42. The van der Waals surface area contributed by atoms with Crippen LogP contribution in [0.25, 0.3) is 11.3 Å². The second kappa shape index (κ2) is 9.00. The van der Waals surface area contributed by atoms with Crippen molar-refractivity contribution in [3.8, 4) is 11.3 Å². The molecule has 4 rings (SSSR count). The fraction of sp³-hybridized carbons (Fsp3) is 0.360. The smallest absolute Gasteiger partial charge is 0.243 e. The lowest BCUT2D eigenvalue weighted by atomic mass is 10.1. The van der Waals surface area contributed by atoms with Crippen LogP contribution in [0.5, 0.6) is 0 Å². The molecule has 6 nitrogen and oxygen atoms in total.